The van der Waals surface area contributed by atoms with Gasteiger partial charge in [0, 0.05) is 13.1 Å². The zero-order valence-electron chi connectivity index (χ0n) is 11.5. The summed E-state index contributed by atoms with van der Waals surface area (Å²) in [5, 5.41) is 21.2. The van der Waals surface area contributed by atoms with E-state index in [1.807, 2.05) is 42.5 Å². The van der Waals surface area contributed by atoms with Gasteiger partial charge < -0.3 is 10.4 Å². The number of hydrogen-bond donors (Lipinski definition) is 2. The van der Waals surface area contributed by atoms with Crippen LogP contribution in [0.5, 0.6) is 5.75 Å². The topological polar surface area (TPSA) is 63.0 Å². The molecule has 2 N–H and O–H groups in total. The zero-order valence-corrected chi connectivity index (χ0v) is 11.5. The van der Waals surface area contributed by atoms with Crippen molar-refractivity contribution in [2.45, 2.75) is 13.1 Å². The average Bonchev–Trinajstić information content (AvgIpc) is 2.99. The standard InChI is InChI=1S/C16H16N4O/c21-16-8-6-13(7-9-16)10-17-11-14-12-18-20(19-14)15-4-2-1-3-5-15/h1-9,12,17,21H,10-11H2. The summed E-state index contributed by atoms with van der Waals surface area (Å²) in [6, 6.07) is 17.0. The summed E-state index contributed by atoms with van der Waals surface area (Å²) >= 11 is 0. The molecule has 3 aromatic rings. The van der Waals surface area contributed by atoms with E-state index in [4.69, 9.17) is 0 Å². The Morgan fingerprint density at radius 3 is 2.48 bits per heavy atom. The van der Waals surface area contributed by atoms with Crippen molar-refractivity contribution in [2.75, 3.05) is 0 Å². The van der Waals surface area contributed by atoms with Crippen LogP contribution in [0.3, 0.4) is 0 Å². The summed E-state index contributed by atoms with van der Waals surface area (Å²) in [6.07, 6.45) is 1.76. The summed E-state index contributed by atoms with van der Waals surface area (Å²) in [5.41, 5.74) is 2.95. The van der Waals surface area contributed by atoms with Gasteiger partial charge in [0.05, 0.1) is 17.6 Å². The minimum Gasteiger partial charge on any atom is -0.508 e. The van der Waals surface area contributed by atoms with Crippen LogP contribution < -0.4 is 5.32 Å². The molecule has 0 fully saturated rings. The van der Waals surface area contributed by atoms with Gasteiger partial charge in [0.2, 0.25) is 0 Å². The summed E-state index contributed by atoms with van der Waals surface area (Å²) < 4.78 is 0. The van der Waals surface area contributed by atoms with Gasteiger partial charge in [-0.05, 0) is 29.8 Å². The number of hydrogen-bond acceptors (Lipinski definition) is 4. The maximum absolute atomic E-state index is 9.23. The smallest absolute Gasteiger partial charge is 0.115 e. The molecule has 0 unspecified atom stereocenters. The maximum atomic E-state index is 9.23. The number of phenols is 1. The predicted molar refractivity (Wildman–Crippen MR) is 80.0 cm³/mol. The van der Waals surface area contributed by atoms with Gasteiger partial charge in [-0.3, -0.25) is 0 Å². The van der Waals surface area contributed by atoms with Crippen molar-refractivity contribution in [2.24, 2.45) is 0 Å². The first-order valence-electron chi connectivity index (χ1n) is 6.76. The number of aromatic hydroxyl groups is 1. The van der Waals surface area contributed by atoms with Crippen LogP contribution in [0.4, 0.5) is 0 Å². The first-order valence-corrected chi connectivity index (χ1v) is 6.76. The first-order chi connectivity index (χ1) is 10.3. The molecule has 5 heteroatoms. The van der Waals surface area contributed by atoms with Crippen LogP contribution in [0.2, 0.25) is 0 Å². The average molecular weight is 280 g/mol. The largest absolute Gasteiger partial charge is 0.508 e. The molecule has 3 rings (SSSR count). The number of benzene rings is 2. The van der Waals surface area contributed by atoms with Crippen molar-refractivity contribution in [3.05, 3.63) is 72.1 Å². The van der Waals surface area contributed by atoms with Crippen LogP contribution in [0.25, 0.3) is 5.69 Å². The third-order valence-corrected chi connectivity index (χ3v) is 3.10. The molecular formula is C16H16N4O. The van der Waals surface area contributed by atoms with Crippen LogP contribution in [0.1, 0.15) is 11.3 Å². The van der Waals surface area contributed by atoms with Gasteiger partial charge in [-0.15, -0.1) is 0 Å². The van der Waals surface area contributed by atoms with E-state index in [0.29, 0.717) is 6.54 Å². The van der Waals surface area contributed by atoms with E-state index >= 15 is 0 Å². The molecule has 0 saturated heterocycles. The fraction of sp³-hybridized carbons (Fsp3) is 0.125. The molecule has 106 valence electrons. The summed E-state index contributed by atoms with van der Waals surface area (Å²) in [6.45, 7) is 1.37. The highest BCUT2D eigenvalue weighted by molar-refractivity contribution is 5.28. The second-order valence-electron chi connectivity index (χ2n) is 4.73. The van der Waals surface area contributed by atoms with Crippen molar-refractivity contribution in [1.82, 2.24) is 20.3 Å². The van der Waals surface area contributed by atoms with E-state index in [-0.39, 0.29) is 5.75 Å². The molecule has 0 saturated carbocycles. The SMILES string of the molecule is Oc1ccc(CNCc2cnn(-c3ccccc3)n2)cc1. The Bertz CT molecular complexity index is 692. The van der Waals surface area contributed by atoms with E-state index in [0.717, 1.165) is 23.5 Å². The van der Waals surface area contributed by atoms with Gasteiger partial charge in [0.15, 0.2) is 0 Å². The molecule has 0 atom stereocenters. The third-order valence-electron chi connectivity index (χ3n) is 3.10. The monoisotopic (exact) mass is 280 g/mol. The Kier molecular flexibility index (Phi) is 3.93. The Hall–Kier alpha value is -2.66. The fourth-order valence-corrected chi connectivity index (χ4v) is 2.01. The number of aromatic nitrogens is 3. The van der Waals surface area contributed by atoms with E-state index in [1.54, 1.807) is 23.1 Å². The Morgan fingerprint density at radius 2 is 1.71 bits per heavy atom. The van der Waals surface area contributed by atoms with Crippen molar-refractivity contribution in [3.63, 3.8) is 0 Å². The van der Waals surface area contributed by atoms with Gasteiger partial charge in [0.25, 0.3) is 0 Å². The fourth-order valence-electron chi connectivity index (χ4n) is 2.01. The molecule has 0 spiro atoms. The highest BCUT2D eigenvalue weighted by atomic mass is 16.3. The number of phenolic OH excluding ortho intramolecular Hbond substituents is 1. The third kappa shape index (κ3) is 3.46. The van der Waals surface area contributed by atoms with Crippen molar-refractivity contribution >= 4 is 0 Å². The van der Waals surface area contributed by atoms with E-state index < -0.39 is 0 Å². The van der Waals surface area contributed by atoms with Crippen molar-refractivity contribution in [3.8, 4) is 11.4 Å². The van der Waals surface area contributed by atoms with Gasteiger partial charge >= 0.3 is 0 Å². The quantitative estimate of drug-likeness (QED) is 0.752. The van der Waals surface area contributed by atoms with Crippen LogP contribution in [-0.2, 0) is 13.1 Å². The lowest BCUT2D eigenvalue weighted by atomic mass is 10.2. The Balaban J connectivity index is 1.57. The molecule has 21 heavy (non-hydrogen) atoms. The summed E-state index contributed by atoms with van der Waals surface area (Å²) in [4.78, 5) is 1.62. The maximum Gasteiger partial charge on any atom is 0.115 e. The zero-order chi connectivity index (χ0) is 14.5. The number of nitrogens with zero attached hydrogens (tertiary/aromatic N) is 3. The lowest BCUT2D eigenvalue weighted by Crippen LogP contribution is -2.13. The van der Waals surface area contributed by atoms with E-state index in [1.165, 1.54) is 0 Å². The van der Waals surface area contributed by atoms with Gasteiger partial charge in [-0.1, -0.05) is 30.3 Å². The summed E-state index contributed by atoms with van der Waals surface area (Å²) in [7, 11) is 0. The minimum absolute atomic E-state index is 0.282. The van der Waals surface area contributed by atoms with Crippen molar-refractivity contribution in [1.29, 1.82) is 0 Å². The van der Waals surface area contributed by atoms with Gasteiger partial charge in [-0.25, -0.2) is 0 Å². The number of para-hydroxylation sites is 1. The molecule has 1 aromatic heterocycles. The normalized spacial score (nSPS) is 10.7. The van der Waals surface area contributed by atoms with Crippen molar-refractivity contribution < 1.29 is 5.11 Å². The lowest BCUT2D eigenvalue weighted by molar-refractivity contribution is 0.475. The van der Waals surface area contributed by atoms with Crippen LogP contribution in [-0.4, -0.2) is 20.1 Å². The molecule has 0 aliphatic heterocycles. The number of rotatable bonds is 5. The van der Waals surface area contributed by atoms with Crippen LogP contribution >= 0.6 is 0 Å². The highest BCUT2D eigenvalue weighted by Gasteiger charge is 2.02. The molecule has 1 heterocycles. The number of nitrogens with one attached hydrogen (secondary N) is 1. The second kappa shape index (κ2) is 6.19. The van der Waals surface area contributed by atoms with Gasteiger partial charge in [0.1, 0.15) is 5.75 Å². The van der Waals surface area contributed by atoms with Gasteiger partial charge in [-0.2, -0.15) is 15.0 Å². The van der Waals surface area contributed by atoms with Crippen LogP contribution in [0.15, 0.2) is 60.8 Å². The first kappa shape index (κ1) is 13.3. The second-order valence-corrected chi connectivity index (χ2v) is 4.73. The van der Waals surface area contributed by atoms with Crippen LogP contribution in [0, 0.1) is 0 Å². The Labute approximate surface area is 122 Å². The summed E-state index contributed by atoms with van der Waals surface area (Å²) in [5.74, 6) is 0.282. The molecule has 0 radical (unpaired) electrons. The highest BCUT2D eigenvalue weighted by Crippen LogP contribution is 2.09. The minimum atomic E-state index is 0.282. The molecule has 0 bridgehead atoms. The molecule has 5 nitrogen and oxygen atoms in total. The predicted octanol–water partition coefficient (Wildman–Crippen LogP) is 2.26. The van der Waals surface area contributed by atoms with E-state index in [2.05, 4.69) is 15.5 Å². The molecule has 2 aromatic carbocycles. The molecular weight excluding hydrogens is 264 g/mol. The lowest BCUT2D eigenvalue weighted by Gasteiger charge is -2.03. The molecule has 0 aliphatic carbocycles. The van der Waals surface area contributed by atoms with E-state index in [9.17, 15) is 5.11 Å². The Morgan fingerprint density at radius 1 is 0.952 bits per heavy atom. The molecule has 0 aliphatic rings. The molecule has 0 amide bonds.